The van der Waals surface area contributed by atoms with Crippen LogP contribution in [0.4, 0.5) is 17.6 Å². The van der Waals surface area contributed by atoms with Gasteiger partial charge in [-0.25, -0.2) is 13.9 Å². The van der Waals surface area contributed by atoms with Crippen LogP contribution in [0.1, 0.15) is 30.9 Å². The van der Waals surface area contributed by atoms with Crippen LogP contribution in [0, 0.1) is 19.9 Å². The van der Waals surface area contributed by atoms with Gasteiger partial charge in [-0.3, -0.25) is 4.79 Å². The molecule has 3 aromatic heterocycles. The fourth-order valence-electron chi connectivity index (χ4n) is 5.35. The molecule has 2 aliphatic rings. The lowest BCUT2D eigenvalue weighted by molar-refractivity contribution is -0.119. The van der Waals surface area contributed by atoms with Gasteiger partial charge in [0.25, 0.3) is 0 Å². The third kappa shape index (κ3) is 5.02. The van der Waals surface area contributed by atoms with E-state index in [0.717, 1.165) is 32.1 Å². The molecule has 0 bridgehead atoms. The monoisotopic (exact) mass is 599 g/mol. The number of fused-ring (bicyclic) bond motifs is 1. The van der Waals surface area contributed by atoms with Gasteiger partial charge in [0.05, 0.1) is 36.7 Å². The minimum Gasteiger partial charge on any atom is -0.496 e. The zero-order chi connectivity index (χ0) is 30.5. The molecule has 1 amide bonds. The maximum absolute atomic E-state index is 13.7. The van der Waals surface area contributed by atoms with Gasteiger partial charge in [0, 0.05) is 24.9 Å². The quantitative estimate of drug-likeness (QED) is 0.288. The summed E-state index contributed by atoms with van der Waals surface area (Å²) in [4.78, 5) is 28.0. The number of allylic oxidation sites excluding steroid dienone is 5. The summed E-state index contributed by atoms with van der Waals surface area (Å²) < 4.78 is 36.0. The first-order chi connectivity index (χ1) is 20.6. The summed E-state index contributed by atoms with van der Waals surface area (Å²) in [5.74, 6) is 1.22. The van der Waals surface area contributed by atoms with Gasteiger partial charge in [0.2, 0.25) is 11.9 Å². The van der Waals surface area contributed by atoms with Crippen LogP contribution >= 0.6 is 0 Å². The van der Waals surface area contributed by atoms with Crippen molar-refractivity contribution in [1.29, 1.82) is 0 Å². The van der Waals surface area contributed by atoms with Gasteiger partial charge in [-0.1, -0.05) is 0 Å². The molecule has 12 nitrogen and oxygen atoms in total. The Morgan fingerprint density at radius 1 is 1.19 bits per heavy atom. The summed E-state index contributed by atoms with van der Waals surface area (Å²) in [6, 6.07) is 4.94. The molecule has 0 unspecified atom stereocenters. The first kappa shape index (κ1) is 28.1. The Bertz CT molecular complexity index is 1970. The molecule has 1 aromatic carbocycles. The Morgan fingerprint density at radius 3 is 2.72 bits per heavy atom. The van der Waals surface area contributed by atoms with E-state index in [1.807, 2.05) is 37.5 Å². The van der Waals surface area contributed by atoms with Crippen LogP contribution < -0.4 is 20.7 Å². The molecule has 1 atom stereocenters. The molecule has 1 fully saturated rings. The average molecular weight is 600 g/mol. The normalized spacial score (nSPS) is 16.7. The molecule has 4 aromatic rings. The Kier molecular flexibility index (Phi) is 6.99. The van der Waals surface area contributed by atoms with Crippen molar-refractivity contribution in [3.05, 3.63) is 82.8 Å². The fourth-order valence-corrected chi connectivity index (χ4v) is 6.66. The van der Waals surface area contributed by atoms with Crippen molar-refractivity contribution in [3.63, 3.8) is 0 Å². The van der Waals surface area contributed by atoms with E-state index in [1.165, 1.54) is 18.3 Å². The third-order valence-corrected chi connectivity index (χ3v) is 9.45. The van der Waals surface area contributed by atoms with Crippen LogP contribution in [-0.2, 0) is 14.8 Å². The summed E-state index contributed by atoms with van der Waals surface area (Å²) in [6.45, 7) is 6.33. The van der Waals surface area contributed by atoms with Crippen LogP contribution in [0.2, 0.25) is 0 Å². The van der Waals surface area contributed by atoms with Gasteiger partial charge in [-0.15, -0.1) is 0 Å². The highest BCUT2D eigenvalue weighted by molar-refractivity contribution is 7.94. The Hall–Kier alpha value is -5.00. The molecule has 43 heavy (non-hydrogen) atoms. The van der Waals surface area contributed by atoms with E-state index in [0.29, 0.717) is 30.7 Å². The van der Waals surface area contributed by atoms with E-state index >= 15 is 0 Å². The number of hydrogen-bond donors (Lipinski definition) is 2. The summed E-state index contributed by atoms with van der Waals surface area (Å²) in [7, 11) is -2.39. The number of amides is 1. The van der Waals surface area contributed by atoms with E-state index in [2.05, 4.69) is 21.4 Å². The smallest absolute Gasteiger partial charge is 0.315 e. The number of hydrogen-bond acceptors (Lipinski definition) is 9. The minimum atomic E-state index is -4.02. The highest BCUT2D eigenvalue weighted by atomic mass is 32.2. The molecule has 13 heteroatoms. The van der Waals surface area contributed by atoms with E-state index in [4.69, 9.17) is 15.5 Å². The molecule has 0 spiro atoms. The Labute approximate surface area is 249 Å². The number of imidazole rings is 1. The second-order valence-electron chi connectivity index (χ2n) is 10.6. The number of ether oxygens (including phenoxy) is 1. The predicted octanol–water partition coefficient (Wildman–Crippen LogP) is 3.82. The summed E-state index contributed by atoms with van der Waals surface area (Å²) >= 11 is 0. The van der Waals surface area contributed by atoms with Crippen LogP contribution in [0.15, 0.2) is 65.6 Å². The number of benzene rings is 1. The third-order valence-electron chi connectivity index (χ3n) is 7.78. The number of aryl methyl sites for hydroxylation is 1. The van der Waals surface area contributed by atoms with E-state index in [1.54, 1.807) is 36.7 Å². The van der Waals surface area contributed by atoms with Crippen molar-refractivity contribution in [2.24, 2.45) is 5.73 Å². The number of aromatic nitrogens is 5. The van der Waals surface area contributed by atoms with Crippen LogP contribution in [0.3, 0.4) is 0 Å². The molecule has 0 radical (unpaired) electrons. The highest BCUT2D eigenvalue weighted by Gasteiger charge is 2.35. The van der Waals surface area contributed by atoms with Gasteiger partial charge in [0.15, 0.2) is 16.5 Å². The number of nitrogens with two attached hydrogens (primary N) is 1. The molecule has 4 heterocycles. The number of anilines is 3. The van der Waals surface area contributed by atoms with Gasteiger partial charge in [-0.2, -0.15) is 13.4 Å². The standard InChI is InChI=1S/C30H30N8O4S/c1-18-7-9-22(10-8-18)43(40,41)38-13-11-23-27(38)29(37-12-5-6-24(37)28(31)39)35-30(33-23)34-26-16-36(17-32-26)21-14-19(2)20(3)25(15-21)42-4/h7,9-11,13-17,24H,5-6,12H2,1-4H3,(H2-,31,33,34,35,39)/p+1/t24-/m0/s1. The Morgan fingerprint density at radius 2 is 2.00 bits per heavy atom. The first-order valence-corrected chi connectivity index (χ1v) is 15.2. The molecular formula is C30H31N8O4S+. The van der Waals surface area contributed by atoms with Gasteiger partial charge in [0.1, 0.15) is 35.3 Å². The molecule has 3 N–H and O–H groups in total. The first-order valence-electron chi connectivity index (χ1n) is 13.7. The molecule has 220 valence electrons. The molecule has 1 saturated heterocycles. The number of carbonyl (C=O) groups is 1. The van der Waals surface area contributed by atoms with E-state index < -0.39 is 22.0 Å². The zero-order valence-electron chi connectivity index (χ0n) is 24.2. The number of nitrogens with zero attached hydrogens (tertiary/aromatic N) is 6. The van der Waals surface area contributed by atoms with Crippen LogP contribution in [0.25, 0.3) is 16.7 Å². The lowest BCUT2D eigenvalue weighted by atomic mass is 10.1. The largest absolute Gasteiger partial charge is 0.496 e. The van der Waals surface area contributed by atoms with Crippen molar-refractivity contribution in [1.82, 2.24) is 23.5 Å². The average Bonchev–Trinajstić information content (AvgIpc) is 3.74. The molecule has 6 rings (SSSR count). The van der Waals surface area contributed by atoms with Gasteiger partial charge < -0.3 is 25.3 Å². The summed E-state index contributed by atoms with van der Waals surface area (Å²) in [5, 5.41) is 3.14. The number of primary amides is 1. The van der Waals surface area contributed by atoms with Crippen molar-refractivity contribution < 1.29 is 17.9 Å². The lowest BCUT2D eigenvalue weighted by Crippen LogP contribution is -2.41. The Balaban J connectivity index is 1.43. The second-order valence-corrected chi connectivity index (χ2v) is 12.4. The number of methoxy groups -OCH3 is 1. The molecule has 0 saturated carbocycles. The number of nitrogens with one attached hydrogen (secondary N) is 1. The van der Waals surface area contributed by atoms with E-state index in [-0.39, 0.29) is 22.2 Å². The van der Waals surface area contributed by atoms with E-state index in [9.17, 15) is 13.2 Å². The number of carbonyl (C=O) groups excluding carboxylic acids is 1. The highest BCUT2D eigenvalue weighted by Crippen LogP contribution is 2.35. The number of rotatable bonds is 8. The van der Waals surface area contributed by atoms with Gasteiger partial charge in [-0.05, 0) is 56.9 Å². The lowest BCUT2D eigenvalue weighted by Gasteiger charge is -2.24. The molecular weight excluding hydrogens is 568 g/mol. The summed E-state index contributed by atoms with van der Waals surface area (Å²) in [6.07, 6.45) is 13.8. The van der Waals surface area contributed by atoms with Crippen LogP contribution in [-0.4, -0.2) is 57.5 Å². The fraction of sp³-hybridized carbons (Fsp3) is 0.267. The maximum atomic E-state index is 13.7. The topological polar surface area (TPSA) is 150 Å². The molecule has 1 aliphatic carbocycles. The SMILES string of the molecule is COc1cc(-n2cnc(Nc3nc(N4CCC[C@H]4C(N)=O)c4c(ccn4S(=O)(=O)C4=C[C+]=C(C)C=C4)n3)c2)cc(C)c1C. The minimum absolute atomic E-state index is 0.0742. The van der Waals surface area contributed by atoms with Crippen molar-refractivity contribution >= 4 is 44.5 Å². The van der Waals surface area contributed by atoms with Crippen LogP contribution in [0.5, 0.6) is 5.75 Å². The summed E-state index contributed by atoms with van der Waals surface area (Å²) in [5.41, 5.74) is 10.2. The maximum Gasteiger partial charge on any atom is 0.315 e. The predicted molar refractivity (Wildman–Crippen MR) is 164 cm³/mol. The zero-order valence-corrected chi connectivity index (χ0v) is 25.0. The van der Waals surface area contributed by atoms with Crippen molar-refractivity contribution in [2.45, 2.75) is 39.7 Å². The van der Waals surface area contributed by atoms with Crippen molar-refractivity contribution in [3.8, 4) is 11.4 Å². The molecule has 1 aliphatic heterocycles. The van der Waals surface area contributed by atoms with Gasteiger partial charge >= 0.3 is 10.0 Å². The second kappa shape index (κ2) is 10.7. The van der Waals surface area contributed by atoms with Crippen molar-refractivity contribution in [2.75, 3.05) is 23.9 Å².